The predicted octanol–water partition coefficient (Wildman–Crippen LogP) is 1.24. The molecule has 2 saturated carbocycles. The first kappa shape index (κ1) is 14.3. The molecule has 2 aliphatic carbocycles. The van der Waals surface area contributed by atoms with Gasteiger partial charge in [-0.25, -0.2) is 0 Å². The summed E-state index contributed by atoms with van der Waals surface area (Å²) in [4.78, 5) is 17.6. The Hall–Kier alpha value is -0.680. The molecule has 2 N–H and O–H groups in total. The number of carbonyl (C=O) groups excluding carboxylic acids is 1. The summed E-state index contributed by atoms with van der Waals surface area (Å²) in [5.41, 5.74) is 5.71. The summed E-state index contributed by atoms with van der Waals surface area (Å²) in [6.07, 6.45) is 5.08. The van der Waals surface area contributed by atoms with Crippen molar-refractivity contribution in [2.45, 2.75) is 38.6 Å². The lowest BCUT2D eigenvalue weighted by molar-refractivity contribution is -0.139. The highest BCUT2D eigenvalue weighted by Gasteiger charge is 2.44. The highest BCUT2D eigenvalue weighted by Crippen LogP contribution is 2.48. The Morgan fingerprint density at radius 3 is 2.40 bits per heavy atom. The normalized spacial score (nSPS) is 35.2. The van der Waals surface area contributed by atoms with Crippen molar-refractivity contribution < 1.29 is 4.79 Å². The minimum absolute atomic E-state index is 0.143. The fraction of sp³-hybridized carbons (Fsp3) is 0.867. The largest absolute Gasteiger partial charge is 0.392 e. The van der Waals surface area contributed by atoms with Crippen molar-refractivity contribution in [2.75, 3.05) is 26.2 Å². The minimum Gasteiger partial charge on any atom is -0.392 e. The van der Waals surface area contributed by atoms with Gasteiger partial charge in [-0.05, 0) is 38.0 Å². The molecule has 0 aromatic heterocycles. The van der Waals surface area contributed by atoms with Crippen LogP contribution in [-0.2, 0) is 4.79 Å². The van der Waals surface area contributed by atoms with Crippen LogP contribution in [0.4, 0.5) is 0 Å². The molecule has 4 unspecified atom stereocenters. The van der Waals surface area contributed by atoms with E-state index in [9.17, 15) is 4.79 Å². The van der Waals surface area contributed by atoms with Crippen molar-refractivity contribution >= 4 is 23.1 Å². The lowest BCUT2D eigenvalue weighted by atomic mass is 9.87. The molecule has 20 heavy (non-hydrogen) atoms. The van der Waals surface area contributed by atoms with Gasteiger partial charge in [0, 0.05) is 32.1 Å². The standard InChI is InChI=1S/C15H25N3OS/c1-10(14(16)20)17-4-6-18(7-5-17)15(19)13-9-11-2-3-12(13)8-11/h10-13H,2-9H2,1H3,(H2,16,20). The first-order chi connectivity index (χ1) is 9.56. The maximum absolute atomic E-state index is 12.7. The minimum atomic E-state index is 0.143. The Morgan fingerprint density at radius 1 is 1.20 bits per heavy atom. The van der Waals surface area contributed by atoms with Gasteiger partial charge in [-0.15, -0.1) is 0 Å². The third-order valence-electron chi connectivity index (χ3n) is 5.64. The lowest BCUT2D eigenvalue weighted by Crippen LogP contribution is -2.55. The van der Waals surface area contributed by atoms with Gasteiger partial charge in [-0.3, -0.25) is 9.69 Å². The number of nitrogens with zero attached hydrogens (tertiary/aromatic N) is 2. The Morgan fingerprint density at radius 2 is 1.90 bits per heavy atom. The lowest BCUT2D eigenvalue weighted by Gasteiger charge is -2.39. The Bertz CT molecular complexity index is 406. The summed E-state index contributed by atoms with van der Waals surface area (Å²) in [6, 6.07) is 0.143. The number of hydrogen-bond donors (Lipinski definition) is 1. The maximum Gasteiger partial charge on any atom is 0.226 e. The summed E-state index contributed by atoms with van der Waals surface area (Å²) >= 11 is 5.06. The fourth-order valence-electron chi connectivity index (χ4n) is 4.29. The molecule has 112 valence electrons. The van der Waals surface area contributed by atoms with Crippen molar-refractivity contribution in [1.82, 2.24) is 9.80 Å². The van der Waals surface area contributed by atoms with Crippen LogP contribution >= 0.6 is 12.2 Å². The van der Waals surface area contributed by atoms with Crippen LogP contribution in [0.5, 0.6) is 0 Å². The molecule has 3 rings (SSSR count). The number of fused-ring (bicyclic) bond motifs is 2. The van der Waals surface area contributed by atoms with E-state index in [-0.39, 0.29) is 6.04 Å². The van der Waals surface area contributed by atoms with Gasteiger partial charge in [-0.1, -0.05) is 18.6 Å². The zero-order valence-corrected chi connectivity index (χ0v) is 13.1. The number of piperazine rings is 1. The molecular weight excluding hydrogens is 270 g/mol. The molecule has 1 aliphatic heterocycles. The molecule has 0 aromatic carbocycles. The van der Waals surface area contributed by atoms with Crippen molar-refractivity contribution in [3.63, 3.8) is 0 Å². The van der Waals surface area contributed by atoms with Crippen LogP contribution in [0, 0.1) is 17.8 Å². The van der Waals surface area contributed by atoms with Crippen LogP contribution in [0.2, 0.25) is 0 Å². The van der Waals surface area contributed by atoms with Gasteiger partial charge >= 0.3 is 0 Å². The molecule has 3 fully saturated rings. The maximum atomic E-state index is 12.7. The Kier molecular flexibility index (Phi) is 4.00. The van der Waals surface area contributed by atoms with Crippen molar-refractivity contribution in [2.24, 2.45) is 23.5 Å². The van der Waals surface area contributed by atoms with E-state index in [0.717, 1.165) is 38.5 Å². The van der Waals surface area contributed by atoms with Gasteiger partial charge in [0.1, 0.15) is 0 Å². The van der Waals surface area contributed by atoms with Gasteiger partial charge in [0.15, 0.2) is 0 Å². The molecule has 0 spiro atoms. The zero-order chi connectivity index (χ0) is 14.3. The molecule has 4 atom stereocenters. The quantitative estimate of drug-likeness (QED) is 0.796. The fourth-order valence-corrected chi connectivity index (χ4v) is 4.44. The van der Waals surface area contributed by atoms with Gasteiger partial charge in [0.2, 0.25) is 5.91 Å². The molecule has 1 saturated heterocycles. The summed E-state index contributed by atoms with van der Waals surface area (Å²) in [5.74, 6) is 2.26. The highest BCUT2D eigenvalue weighted by atomic mass is 32.1. The molecule has 1 heterocycles. The van der Waals surface area contributed by atoms with Crippen LogP contribution in [0.25, 0.3) is 0 Å². The third kappa shape index (κ3) is 2.58. The molecule has 0 aromatic rings. The monoisotopic (exact) mass is 295 g/mol. The van der Waals surface area contributed by atoms with Crippen LogP contribution in [0.1, 0.15) is 32.6 Å². The first-order valence-electron chi connectivity index (χ1n) is 7.88. The van der Waals surface area contributed by atoms with E-state index in [2.05, 4.69) is 16.7 Å². The predicted molar refractivity (Wildman–Crippen MR) is 83.3 cm³/mol. The summed E-state index contributed by atoms with van der Waals surface area (Å²) in [6.45, 7) is 5.51. The van der Waals surface area contributed by atoms with E-state index in [1.165, 1.54) is 19.3 Å². The van der Waals surface area contributed by atoms with Crippen LogP contribution in [-0.4, -0.2) is 52.9 Å². The second-order valence-corrected chi connectivity index (χ2v) is 7.19. The van der Waals surface area contributed by atoms with Gasteiger partial charge in [0.05, 0.1) is 11.0 Å². The SMILES string of the molecule is CC(C(N)=S)N1CCN(C(=O)C2CC3CCC2C3)CC1. The molecule has 4 nitrogen and oxygen atoms in total. The van der Waals surface area contributed by atoms with Crippen molar-refractivity contribution in [3.8, 4) is 0 Å². The zero-order valence-electron chi connectivity index (χ0n) is 12.3. The van der Waals surface area contributed by atoms with Gasteiger partial charge in [-0.2, -0.15) is 0 Å². The second-order valence-electron chi connectivity index (χ2n) is 6.72. The number of rotatable bonds is 3. The van der Waals surface area contributed by atoms with E-state index >= 15 is 0 Å². The van der Waals surface area contributed by atoms with E-state index < -0.39 is 0 Å². The van der Waals surface area contributed by atoms with Gasteiger partial charge < -0.3 is 10.6 Å². The molecule has 2 bridgehead atoms. The average molecular weight is 295 g/mol. The molecule has 5 heteroatoms. The highest BCUT2D eigenvalue weighted by molar-refractivity contribution is 7.80. The van der Waals surface area contributed by atoms with Crippen molar-refractivity contribution in [3.05, 3.63) is 0 Å². The van der Waals surface area contributed by atoms with Crippen LogP contribution in [0.15, 0.2) is 0 Å². The number of hydrogen-bond acceptors (Lipinski definition) is 3. The molecular formula is C15H25N3OS. The summed E-state index contributed by atoms with van der Waals surface area (Å²) in [5, 5.41) is 0. The van der Waals surface area contributed by atoms with Gasteiger partial charge in [0.25, 0.3) is 0 Å². The number of nitrogens with two attached hydrogens (primary N) is 1. The average Bonchev–Trinajstić information content (AvgIpc) is 3.08. The van der Waals surface area contributed by atoms with E-state index in [4.69, 9.17) is 18.0 Å². The van der Waals surface area contributed by atoms with E-state index in [1.807, 2.05) is 0 Å². The molecule has 3 aliphatic rings. The number of thiocarbonyl (C=S) groups is 1. The second kappa shape index (κ2) is 5.60. The molecule has 0 radical (unpaired) electrons. The number of carbonyl (C=O) groups is 1. The number of amides is 1. The smallest absolute Gasteiger partial charge is 0.226 e. The van der Waals surface area contributed by atoms with E-state index in [1.54, 1.807) is 0 Å². The van der Waals surface area contributed by atoms with Crippen molar-refractivity contribution in [1.29, 1.82) is 0 Å². The van der Waals surface area contributed by atoms with Crippen LogP contribution in [0.3, 0.4) is 0 Å². The van der Waals surface area contributed by atoms with E-state index in [0.29, 0.717) is 22.7 Å². The summed E-state index contributed by atoms with van der Waals surface area (Å²) < 4.78 is 0. The molecule has 1 amide bonds. The Balaban J connectivity index is 1.53. The van der Waals surface area contributed by atoms with Crippen LogP contribution < -0.4 is 5.73 Å². The first-order valence-corrected chi connectivity index (χ1v) is 8.29. The third-order valence-corrected chi connectivity index (χ3v) is 5.98. The topological polar surface area (TPSA) is 49.6 Å². The Labute approximate surface area is 126 Å². The summed E-state index contributed by atoms with van der Waals surface area (Å²) in [7, 11) is 0.